The van der Waals surface area contributed by atoms with Crippen molar-refractivity contribution in [1.82, 2.24) is 5.32 Å². The van der Waals surface area contributed by atoms with Crippen LogP contribution >= 0.6 is 0 Å². The standard InChI is InChI=1S/C16H18N2O5/c1-12(8-9-13-5-4-10-22-13)17-16(19)11-23-15-7-3-2-6-14(15)18(20)21/h2-7,10,12H,8-9,11H2,1H3,(H,17,19). The average molecular weight is 318 g/mol. The van der Waals surface area contributed by atoms with Crippen molar-refractivity contribution in [1.29, 1.82) is 0 Å². The Morgan fingerprint density at radius 1 is 1.35 bits per heavy atom. The molecule has 0 radical (unpaired) electrons. The number of furan rings is 1. The number of nitro groups is 1. The maximum Gasteiger partial charge on any atom is 0.310 e. The monoisotopic (exact) mass is 318 g/mol. The van der Waals surface area contributed by atoms with Crippen molar-refractivity contribution in [2.75, 3.05) is 6.61 Å². The highest BCUT2D eigenvalue weighted by Gasteiger charge is 2.15. The van der Waals surface area contributed by atoms with Crippen molar-refractivity contribution in [2.24, 2.45) is 0 Å². The highest BCUT2D eigenvalue weighted by molar-refractivity contribution is 5.77. The van der Waals surface area contributed by atoms with Crippen LogP contribution in [-0.2, 0) is 11.2 Å². The maximum absolute atomic E-state index is 11.8. The van der Waals surface area contributed by atoms with Crippen molar-refractivity contribution >= 4 is 11.6 Å². The van der Waals surface area contributed by atoms with Crippen LogP contribution in [0.15, 0.2) is 47.1 Å². The van der Waals surface area contributed by atoms with Crippen molar-refractivity contribution in [2.45, 2.75) is 25.8 Å². The highest BCUT2D eigenvalue weighted by Crippen LogP contribution is 2.25. The molecule has 1 atom stereocenters. The van der Waals surface area contributed by atoms with Gasteiger partial charge in [-0.3, -0.25) is 14.9 Å². The molecule has 0 bridgehead atoms. The Morgan fingerprint density at radius 3 is 2.83 bits per heavy atom. The fourth-order valence-electron chi connectivity index (χ4n) is 2.08. The van der Waals surface area contributed by atoms with Gasteiger partial charge in [0, 0.05) is 18.5 Å². The number of carbonyl (C=O) groups excluding carboxylic acids is 1. The number of nitrogens with zero attached hydrogens (tertiary/aromatic N) is 1. The van der Waals surface area contributed by atoms with Gasteiger partial charge in [0.2, 0.25) is 0 Å². The van der Waals surface area contributed by atoms with E-state index in [0.29, 0.717) is 0 Å². The summed E-state index contributed by atoms with van der Waals surface area (Å²) in [5.74, 6) is 0.619. The summed E-state index contributed by atoms with van der Waals surface area (Å²) in [5.41, 5.74) is -0.161. The number of hydrogen-bond acceptors (Lipinski definition) is 5. The number of nitro benzene ring substituents is 1. The summed E-state index contributed by atoms with van der Waals surface area (Å²) in [4.78, 5) is 22.2. The summed E-state index contributed by atoms with van der Waals surface area (Å²) in [6.45, 7) is 1.61. The van der Waals surface area contributed by atoms with Crippen LogP contribution in [0.1, 0.15) is 19.1 Å². The normalized spacial score (nSPS) is 11.7. The Labute approximate surface area is 133 Å². The van der Waals surface area contributed by atoms with E-state index in [-0.39, 0.29) is 30.0 Å². The third kappa shape index (κ3) is 5.14. The molecule has 1 unspecified atom stereocenters. The van der Waals surface area contributed by atoms with E-state index in [4.69, 9.17) is 9.15 Å². The summed E-state index contributed by atoms with van der Waals surface area (Å²) in [6.07, 6.45) is 3.06. The van der Waals surface area contributed by atoms with Crippen LogP contribution in [0.2, 0.25) is 0 Å². The van der Waals surface area contributed by atoms with Crippen molar-refractivity contribution in [3.63, 3.8) is 0 Å². The molecule has 0 aliphatic rings. The molecule has 7 heteroatoms. The van der Waals surface area contributed by atoms with Gasteiger partial charge in [0.15, 0.2) is 12.4 Å². The van der Waals surface area contributed by atoms with Crippen LogP contribution < -0.4 is 10.1 Å². The fourth-order valence-corrected chi connectivity index (χ4v) is 2.08. The Bertz CT molecular complexity index is 654. The Balaban J connectivity index is 1.77. The maximum atomic E-state index is 11.8. The third-order valence-corrected chi connectivity index (χ3v) is 3.23. The Kier molecular flexibility index (Phi) is 5.74. The number of rotatable bonds is 8. The summed E-state index contributed by atoms with van der Waals surface area (Å²) < 4.78 is 10.5. The molecule has 2 aromatic rings. The molecule has 1 aromatic carbocycles. The van der Waals surface area contributed by atoms with Gasteiger partial charge >= 0.3 is 5.69 Å². The molecule has 0 saturated carbocycles. The second-order valence-corrected chi connectivity index (χ2v) is 5.10. The van der Waals surface area contributed by atoms with Crippen LogP contribution in [0.4, 0.5) is 5.69 Å². The first-order valence-corrected chi connectivity index (χ1v) is 7.24. The van der Waals surface area contributed by atoms with Crippen LogP contribution in [0.25, 0.3) is 0 Å². The molecule has 23 heavy (non-hydrogen) atoms. The third-order valence-electron chi connectivity index (χ3n) is 3.23. The van der Waals surface area contributed by atoms with Gasteiger partial charge in [-0.2, -0.15) is 0 Å². The first-order chi connectivity index (χ1) is 11.1. The number of hydrogen-bond donors (Lipinski definition) is 1. The summed E-state index contributed by atoms with van der Waals surface area (Å²) in [7, 11) is 0. The van der Waals surface area contributed by atoms with Gasteiger partial charge in [-0.1, -0.05) is 12.1 Å². The first-order valence-electron chi connectivity index (χ1n) is 7.24. The molecule has 0 saturated heterocycles. The minimum absolute atomic E-state index is 0.0537. The zero-order valence-corrected chi connectivity index (χ0v) is 12.7. The number of aryl methyl sites for hydroxylation is 1. The predicted molar refractivity (Wildman–Crippen MR) is 83.2 cm³/mol. The van der Waals surface area contributed by atoms with Crippen LogP contribution in [0.3, 0.4) is 0 Å². The molecule has 0 aliphatic heterocycles. The van der Waals surface area contributed by atoms with Gasteiger partial charge < -0.3 is 14.5 Å². The van der Waals surface area contributed by atoms with E-state index in [9.17, 15) is 14.9 Å². The van der Waals surface area contributed by atoms with Gasteiger partial charge in [-0.05, 0) is 31.5 Å². The molecule has 122 valence electrons. The second-order valence-electron chi connectivity index (χ2n) is 5.10. The van der Waals surface area contributed by atoms with Crippen LogP contribution in [0, 0.1) is 10.1 Å². The summed E-state index contributed by atoms with van der Waals surface area (Å²) in [5, 5.41) is 13.6. The van der Waals surface area contributed by atoms with E-state index in [2.05, 4.69) is 5.32 Å². The quantitative estimate of drug-likeness (QED) is 0.596. The highest BCUT2D eigenvalue weighted by atomic mass is 16.6. The van der Waals surface area contributed by atoms with E-state index in [1.807, 2.05) is 19.1 Å². The van der Waals surface area contributed by atoms with Gasteiger partial charge in [-0.15, -0.1) is 0 Å². The smallest absolute Gasteiger partial charge is 0.310 e. The Morgan fingerprint density at radius 2 is 2.13 bits per heavy atom. The summed E-state index contributed by atoms with van der Waals surface area (Å²) >= 11 is 0. The molecule has 0 aliphatic carbocycles. The summed E-state index contributed by atoms with van der Waals surface area (Å²) in [6, 6.07) is 9.60. The van der Waals surface area contributed by atoms with Crippen LogP contribution in [-0.4, -0.2) is 23.5 Å². The predicted octanol–water partition coefficient (Wildman–Crippen LogP) is 2.70. The number of ether oxygens (including phenoxy) is 1. The van der Waals surface area contributed by atoms with Gasteiger partial charge in [-0.25, -0.2) is 0 Å². The minimum Gasteiger partial charge on any atom is -0.477 e. The van der Waals surface area contributed by atoms with Crippen LogP contribution in [0.5, 0.6) is 5.75 Å². The molecule has 0 fully saturated rings. The molecule has 1 N–H and O–H groups in total. The number of para-hydroxylation sites is 2. The largest absolute Gasteiger partial charge is 0.477 e. The molecule has 2 rings (SSSR count). The lowest BCUT2D eigenvalue weighted by Crippen LogP contribution is -2.36. The molecule has 1 amide bonds. The van der Waals surface area contributed by atoms with E-state index in [1.54, 1.807) is 18.4 Å². The van der Waals surface area contributed by atoms with E-state index in [0.717, 1.165) is 18.6 Å². The molecule has 1 heterocycles. The number of carbonyl (C=O) groups is 1. The number of benzene rings is 1. The second kappa shape index (κ2) is 7.98. The van der Waals surface area contributed by atoms with Gasteiger partial charge in [0.25, 0.3) is 5.91 Å². The number of nitrogens with one attached hydrogen (secondary N) is 1. The molecule has 7 nitrogen and oxygen atoms in total. The zero-order valence-electron chi connectivity index (χ0n) is 12.7. The molecular weight excluding hydrogens is 300 g/mol. The van der Waals surface area contributed by atoms with Gasteiger partial charge in [0.05, 0.1) is 11.2 Å². The van der Waals surface area contributed by atoms with Gasteiger partial charge in [0.1, 0.15) is 5.76 Å². The SMILES string of the molecule is CC(CCc1ccco1)NC(=O)COc1ccccc1[N+](=O)[O-]. The van der Waals surface area contributed by atoms with Crippen molar-refractivity contribution < 1.29 is 18.9 Å². The Hall–Kier alpha value is -2.83. The van der Waals surface area contributed by atoms with Crippen molar-refractivity contribution in [3.8, 4) is 5.75 Å². The lowest BCUT2D eigenvalue weighted by Gasteiger charge is -2.13. The van der Waals surface area contributed by atoms with E-state index < -0.39 is 4.92 Å². The molecular formula is C16H18N2O5. The van der Waals surface area contributed by atoms with Crippen molar-refractivity contribution in [3.05, 3.63) is 58.5 Å². The fraction of sp³-hybridized carbons (Fsp3) is 0.312. The lowest BCUT2D eigenvalue weighted by molar-refractivity contribution is -0.385. The average Bonchev–Trinajstić information content (AvgIpc) is 3.04. The molecule has 1 aromatic heterocycles. The minimum atomic E-state index is -0.542. The topological polar surface area (TPSA) is 94.6 Å². The van der Waals surface area contributed by atoms with E-state index in [1.165, 1.54) is 12.1 Å². The zero-order chi connectivity index (χ0) is 16.7. The first kappa shape index (κ1) is 16.5. The molecule has 0 spiro atoms. The number of amides is 1. The van der Waals surface area contributed by atoms with E-state index >= 15 is 0 Å². The lowest BCUT2D eigenvalue weighted by atomic mass is 10.1.